The first-order valence-corrected chi connectivity index (χ1v) is 6.96. The fraction of sp³-hybridized carbons (Fsp3) is 0.385. The van der Waals surface area contributed by atoms with Crippen molar-refractivity contribution in [2.75, 3.05) is 18.2 Å². The molecule has 102 valence electrons. The smallest absolute Gasteiger partial charge is 0.158 e. The summed E-state index contributed by atoms with van der Waals surface area (Å²) in [5, 5.41) is 5.42. The fourth-order valence-corrected chi connectivity index (χ4v) is 2.65. The number of nitrogens with one attached hydrogen (secondary N) is 1. The highest BCUT2D eigenvalue weighted by molar-refractivity contribution is 7.09. The van der Waals surface area contributed by atoms with Crippen LogP contribution in [-0.4, -0.2) is 23.1 Å². The van der Waals surface area contributed by atoms with Gasteiger partial charge in [0.05, 0.1) is 0 Å². The van der Waals surface area contributed by atoms with Crippen molar-refractivity contribution in [3.8, 4) is 0 Å². The van der Waals surface area contributed by atoms with Gasteiger partial charge in [-0.05, 0) is 18.4 Å². The Balaban J connectivity index is 2.01. The molecule has 0 saturated heterocycles. The molecule has 0 aliphatic heterocycles. The monoisotopic (exact) mass is 278 g/mol. The summed E-state index contributed by atoms with van der Waals surface area (Å²) in [5.41, 5.74) is 5.76. The zero-order valence-corrected chi connectivity index (χ0v) is 11.9. The highest BCUT2D eigenvalue weighted by atomic mass is 32.1. The van der Waals surface area contributed by atoms with Crippen molar-refractivity contribution in [3.05, 3.63) is 34.3 Å². The van der Waals surface area contributed by atoms with Gasteiger partial charge in [-0.25, -0.2) is 9.97 Å². The Morgan fingerprint density at radius 2 is 2.32 bits per heavy atom. The minimum Gasteiger partial charge on any atom is -0.384 e. The molecule has 2 heterocycles. The molecule has 1 unspecified atom stereocenters. The molecule has 5 nitrogen and oxygen atoms in total. The first-order chi connectivity index (χ1) is 9.17. The van der Waals surface area contributed by atoms with Crippen molar-refractivity contribution in [3.63, 3.8) is 0 Å². The number of ether oxygens (including phenoxy) is 1. The Labute approximate surface area is 116 Å². The van der Waals surface area contributed by atoms with Gasteiger partial charge in [-0.15, -0.1) is 11.3 Å². The Hall–Kier alpha value is -1.66. The second-order valence-electron chi connectivity index (χ2n) is 4.36. The molecule has 3 N–H and O–H groups in total. The van der Waals surface area contributed by atoms with E-state index in [0.29, 0.717) is 18.2 Å². The minimum absolute atomic E-state index is 0.281. The van der Waals surface area contributed by atoms with Crippen molar-refractivity contribution >= 4 is 23.0 Å². The van der Waals surface area contributed by atoms with Gasteiger partial charge in [-0.2, -0.15) is 0 Å². The van der Waals surface area contributed by atoms with E-state index in [1.807, 2.05) is 0 Å². The Morgan fingerprint density at radius 1 is 1.47 bits per heavy atom. The van der Waals surface area contributed by atoms with Crippen LogP contribution in [0.4, 0.5) is 11.6 Å². The molecule has 0 aliphatic carbocycles. The van der Waals surface area contributed by atoms with Crippen molar-refractivity contribution in [1.29, 1.82) is 0 Å². The Morgan fingerprint density at radius 3 is 3.00 bits per heavy atom. The summed E-state index contributed by atoms with van der Waals surface area (Å²) in [5.74, 6) is 1.78. The molecule has 6 heteroatoms. The molecule has 0 saturated carbocycles. The van der Waals surface area contributed by atoms with E-state index in [2.05, 4.69) is 39.7 Å². The van der Waals surface area contributed by atoms with E-state index < -0.39 is 0 Å². The fourth-order valence-electron chi connectivity index (χ4n) is 1.82. The molecular weight excluding hydrogens is 260 g/mol. The molecule has 0 radical (unpaired) electrons. The normalized spacial score (nSPS) is 12.3. The number of anilines is 2. The predicted octanol–water partition coefficient (Wildman–Crippen LogP) is 2.31. The summed E-state index contributed by atoms with van der Waals surface area (Å²) in [6.45, 7) is 2.48. The van der Waals surface area contributed by atoms with Gasteiger partial charge in [-0.3, -0.25) is 0 Å². The van der Waals surface area contributed by atoms with E-state index in [4.69, 9.17) is 10.5 Å². The lowest BCUT2D eigenvalue weighted by atomic mass is 10.2. The summed E-state index contributed by atoms with van der Waals surface area (Å²) in [4.78, 5) is 9.83. The molecule has 2 rings (SSSR count). The predicted molar refractivity (Wildman–Crippen MR) is 78.3 cm³/mol. The highest BCUT2D eigenvalue weighted by Crippen LogP contribution is 2.15. The number of rotatable bonds is 6. The third-order valence-electron chi connectivity index (χ3n) is 2.55. The van der Waals surface area contributed by atoms with Crippen LogP contribution in [0.1, 0.15) is 17.6 Å². The van der Waals surface area contributed by atoms with Crippen LogP contribution in [0.3, 0.4) is 0 Å². The molecule has 0 bridgehead atoms. The zero-order chi connectivity index (χ0) is 13.7. The van der Waals surface area contributed by atoms with E-state index in [0.717, 1.165) is 12.2 Å². The van der Waals surface area contributed by atoms with E-state index in [9.17, 15) is 0 Å². The van der Waals surface area contributed by atoms with E-state index in [1.165, 1.54) is 4.88 Å². The van der Waals surface area contributed by atoms with E-state index >= 15 is 0 Å². The number of aromatic nitrogens is 2. The summed E-state index contributed by atoms with van der Waals surface area (Å²) in [7, 11) is 1.61. The average Bonchev–Trinajstić information content (AvgIpc) is 2.81. The molecule has 0 amide bonds. The standard InChI is InChI=1S/C13H18N4OS/c1-9(6-10-4-3-5-19-10)15-12-7-11(14)16-13(17-12)8-18-2/h3-5,7,9H,6,8H2,1-2H3,(H3,14,15,16,17). The maximum absolute atomic E-state index is 5.76. The Bertz CT molecular complexity index is 515. The van der Waals surface area contributed by atoms with Gasteiger partial charge >= 0.3 is 0 Å². The average molecular weight is 278 g/mol. The summed E-state index contributed by atoms with van der Waals surface area (Å²) in [6.07, 6.45) is 0.960. The van der Waals surface area contributed by atoms with Gasteiger partial charge in [0.1, 0.15) is 18.2 Å². The number of nitrogens with two attached hydrogens (primary N) is 1. The Kier molecular flexibility index (Phi) is 4.70. The number of nitrogen functional groups attached to an aromatic ring is 1. The van der Waals surface area contributed by atoms with E-state index in [-0.39, 0.29) is 6.04 Å². The molecule has 0 aromatic carbocycles. The molecule has 1 atom stereocenters. The van der Waals surface area contributed by atoms with Crippen molar-refractivity contribution < 1.29 is 4.74 Å². The quantitative estimate of drug-likeness (QED) is 0.848. The summed E-state index contributed by atoms with van der Waals surface area (Å²) >= 11 is 1.76. The maximum Gasteiger partial charge on any atom is 0.158 e. The highest BCUT2D eigenvalue weighted by Gasteiger charge is 2.07. The first-order valence-electron chi connectivity index (χ1n) is 6.08. The van der Waals surface area contributed by atoms with Gasteiger partial charge in [-0.1, -0.05) is 6.07 Å². The van der Waals surface area contributed by atoms with Crippen LogP contribution >= 0.6 is 11.3 Å². The lowest BCUT2D eigenvalue weighted by Gasteiger charge is -2.14. The molecule has 2 aromatic rings. The van der Waals surface area contributed by atoms with Crippen molar-refractivity contribution in [2.24, 2.45) is 0 Å². The second-order valence-corrected chi connectivity index (χ2v) is 5.39. The molecule has 2 aromatic heterocycles. The molecule has 0 fully saturated rings. The van der Waals surface area contributed by atoms with Crippen LogP contribution < -0.4 is 11.1 Å². The molecule has 0 aliphatic rings. The van der Waals surface area contributed by atoms with Crippen LogP contribution in [0, 0.1) is 0 Å². The SMILES string of the molecule is COCc1nc(N)cc(NC(C)Cc2cccs2)n1. The van der Waals surface area contributed by atoms with Crippen LogP contribution in [0.15, 0.2) is 23.6 Å². The second kappa shape index (κ2) is 6.49. The third kappa shape index (κ3) is 4.18. The van der Waals surface area contributed by atoms with Crippen LogP contribution in [0.2, 0.25) is 0 Å². The number of thiophene rings is 1. The third-order valence-corrected chi connectivity index (χ3v) is 3.45. The number of hydrogen-bond donors (Lipinski definition) is 2. The first kappa shape index (κ1) is 13.8. The van der Waals surface area contributed by atoms with Gasteiger partial charge in [0, 0.05) is 30.5 Å². The van der Waals surface area contributed by atoms with E-state index in [1.54, 1.807) is 24.5 Å². The number of methoxy groups -OCH3 is 1. The zero-order valence-electron chi connectivity index (χ0n) is 11.1. The van der Waals surface area contributed by atoms with Crippen molar-refractivity contribution in [1.82, 2.24) is 9.97 Å². The van der Waals surface area contributed by atoms with Crippen molar-refractivity contribution in [2.45, 2.75) is 26.0 Å². The van der Waals surface area contributed by atoms with Gasteiger partial charge in [0.15, 0.2) is 5.82 Å². The molecule has 19 heavy (non-hydrogen) atoms. The van der Waals surface area contributed by atoms with Crippen LogP contribution in [0.5, 0.6) is 0 Å². The summed E-state index contributed by atoms with van der Waals surface area (Å²) < 4.78 is 5.02. The topological polar surface area (TPSA) is 73.1 Å². The van der Waals surface area contributed by atoms with Crippen LogP contribution in [-0.2, 0) is 17.8 Å². The minimum atomic E-state index is 0.281. The summed E-state index contributed by atoms with van der Waals surface area (Å²) in [6, 6.07) is 6.22. The molecular formula is C13H18N4OS. The maximum atomic E-state index is 5.76. The number of nitrogens with zero attached hydrogens (tertiary/aromatic N) is 2. The van der Waals surface area contributed by atoms with Gasteiger partial charge in [0.2, 0.25) is 0 Å². The lowest BCUT2D eigenvalue weighted by molar-refractivity contribution is 0.178. The molecule has 0 spiro atoms. The lowest BCUT2D eigenvalue weighted by Crippen LogP contribution is -2.19. The van der Waals surface area contributed by atoms with Gasteiger partial charge in [0.25, 0.3) is 0 Å². The number of hydrogen-bond acceptors (Lipinski definition) is 6. The van der Waals surface area contributed by atoms with Gasteiger partial charge < -0.3 is 15.8 Å². The van der Waals surface area contributed by atoms with Crippen LogP contribution in [0.25, 0.3) is 0 Å². The largest absolute Gasteiger partial charge is 0.384 e.